The molecule has 0 heterocycles. The van der Waals surface area contributed by atoms with Crippen molar-refractivity contribution in [2.75, 3.05) is 18.5 Å². The predicted molar refractivity (Wildman–Crippen MR) is 67.7 cm³/mol. The number of nitrogens with two attached hydrogens (primary N) is 1. The van der Waals surface area contributed by atoms with E-state index in [1.54, 1.807) is 13.8 Å². The molecule has 0 spiro atoms. The van der Waals surface area contributed by atoms with Crippen molar-refractivity contribution in [3.63, 3.8) is 0 Å². The lowest BCUT2D eigenvalue weighted by atomic mass is 9.92. The molecule has 0 unspecified atom stereocenters. The van der Waals surface area contributed by atoms with E-state index in [0.717, 1.165) is 0 Å². The first-order valence-electron chi connectivity index (χ1n) is 5.23. The zero-order valence-corrected chi connectivity index (χ0v) is 10.9. The second kappa shape index (κ2) is 5.02. The standard InChI is InChI=1S/C12H16ClFN2O/c1-12(2,7-15)11(17)16(3)10-6-8(13)4-5-9(10)14/h4-6H,7,15H2,1-3H3. The summed E-state index contributed by atoms with van der Waals surface area (Å²) in [5, 5.41) is 0.381. The van der Waals surface area contributed by atoms with Gasteiger partial charge in [0.1, 0.15) is 5.82 Å². The van der Waals surface area contributed by atoms with E-state index in [9.17, 15) is 9.18 Å². The molecule has 0 fully saturated rings. The molecule has 1 rings (SSSR count). The topological polar surface area (TPSA) is 46.3 Å². The monoisotopic (exact) mass is 258 g/mol. The fourth-order valence-corrected chi connectivity index (χ4v) is 1.56. The van der Waals surface area contributed by atoms with E-state index >= 15 is 0 Å². The molecule has 0 aromatic heterocycles. The van der Waals surface area contributed by atoms with Gasteiger partial charge in [0, 0.05) is 18.6 Å². The summed E-state index contributed by atoms with van der Waals surface area (Å²) in [5.74, 6) is -0.737. The molecule has 17 heavy (non-hydrogen) atoms. The lowest BCUT2D eigenvalue weighted by Crippen LogP contribution is -2.43. The molecule has 0 atom stereocenters. The minimum Gasteiger partial charge on any atom is -0.329 e. The molecule has 1 aromatic rings. The number of halogens is 2. The average molecular weight is 259 g/mol. The second-order valence-corrected chi connectivity index (χ2v) is 4.98. The Morgan fingerprint density at radius 1 is 1.53 bits per heavy atom. The Balaban J connectivity index is 3.08. The largest absolute Gasteiger partial charge is 0.329 e. The third-order valence-corrected chi connectivity index (χ3v) is 2.90. The number of anilines is 1. The molecular formula is C12H16ClFN2O. The van der Waals surface area contributed by atoms with Crippen LogP contribution in [0.2, 0.25) is 5.02 Å². The highest BCUT2D eigenvalue weighted by atomic mass is 35.5. The Hall–Kier alpha value is -1.13. The van der Waals surface area contributed by atoms with Crippen molar-refractivity contribution in [3.8, 4) is 0 Å². The Bertz CT molecular complexity index is 435. The Labute approximate surface area is 105 Å². The molecule has 1 aromatic carbocycles. The fourth-order valence-electron chi connectivity index (χ4n) is 1.39. The molecule has 0 aliphatic carbocycles. The number of amides is 1. The van der Waals surface area contributed by atoms with E-state index in [1.165, 1.54) is 30.1 Å². The summed E-state index contributed by atoms with van der Waals surface area (Å²) >= 11 is 5.78. The van der Waals surface area contributed by atoms with Crippen LogP contribution in [-0.4, -0.2) is 19.5 Å². The van der Waals surface area contributed by atoms with Gasteiger partial charge < -0.3 is 10.6 Å². The average Bonchev–Trinajstić information content (AvgIpc) is 2.30. The van der Waals surface area contributed by atoms with Crippen LogP contribution in [0.15, 0.2) is 18.2 Å². The van der Waals surface area contributed by atoms with Gasteiger partial charge in [0.25, 0.3) is 0 Å². The molecule has 0 aliphatic rings. The van der Waals surface area contributed by atoms with E-state index in [1.807, 2.05) is 0 Å². The number of nitrogens with zero attached hydrogens (tertiary/aromatic N) is 1. The third-order valence-electron chi connectivity index (χ3n) is 2.66. The molecular weight excluding hydrogens is 243 g/mol. The minimum atomic E-state index is -0.733. The van der Waals surface area contributed by atoms with Gasteiger partial charge in [-0.2, -0.15) is 0 Å². The number of rotatable bonds is 3. The number of carbonyl (C=O) groups is 1. The van der Waals surface area contributed by atoms with Gasteiger partial charge >= 0.3 is 0 Å². The molecule has 5 heteroatoms. The van der Waals surface area contributed by atoms with Gasteiger partial charge in [-0.15, -0.1) is 0 Å². The molecule has 0 saturated carbocycles. The summed E-state index contributed by atoms with van der Waals surface area (Å²) in [4.78, 5) is 13.3. The first kappa shape index (κ1) is 13.9. The van der Waals surface area contributed by atoms with Crippen molar-refractivity contribution in [3.05, 3.63) is 29.0 Å². The van der Waals surface area contributed by atoms with Gasteiger partial charge in [0.15, 0.2) is 0 Å². The molecule has 0 aliphatic heterocycles. The Kier molecular flexibility index (Phi) is 4.11. The van der Waals surface area contributed by atoms with E-state index in [-0.39, 0.29) is 18.1 Å². The van der Waals surface area contributed by atoms with Crippen LogP contribution < -0.4 is 10.6 Å². The molecule has 2 N–H and O–H groups in total. The van der Waals surface area contributed by atoms with E-state index in [2.05, 4.69) is 0 Å². The fraction of sp³-hybridized carbons (Fsp3) is 0.417. The van der Waals surface area contributed by atoms with Crippen LogP contribution in [0.5, 0.6) is 0 Å². The summed E-state index contributed by atoms with van der Waals surface area (Å²) in [6, 6.07) is 4.09. The van der Waals surface area contributed by atoms with Crippen LogP contribution in [0.3, 0.4) is 0 Å². The molecule has 94 valence electrons. The summed E-state index contributed by atoms with van der Waals surface area (Å²) in [6.07, 6.45) is 0. The summed E-state index contributed by atoms with van der Waals surface area (Å²) in [7, 11) is 1.51. The third kappa shape index (κ3) is 2.96. The van der Waals surface area contributed by atoms with Crippen molar-refractivity contribution in [2.45, 2.75) is 13.8 Å². The smallest absolute Gasteiger partial charge is 0.233 e. The van der Waals surface area contributed by atoms with E-state index in [0.29, 0.717) is 5.02 Å². The van der Waals surface area contributed by atoms with Crippen molar-refractivity contribution in [2.24, 2.45) is 11.1 Å². The van der Waals surface area contributed by atoms with Gasteiger partial charge in [0.05, 0.1) is 11.1 Å². The van der Waals surface area contributed by atoms with Crippen molar-refractivity contribution < 1.29 is 9.18 Å². The first-order chi connectivity index (χ1) is 7.79. The SMILES string of the molecule is CN(C(=O)C(C)(C)CN)c1cc(Cl)ccc1F. The van der Waals surface area contributed by atoms with Crippen molar-refractivity contribution in [1.82, 2.24) is 0 Å². The maximum absolute atomic E-state index is 13.6. The van der Waals surface area contributed by atoms with Gasteiger partial charge in [-0.05, 0) is 32.0 Å². The van der Waals surface area contributed by atoms with Crippen molar-refractivity contribution >= 4 is 23.2 Å². The molecule has 3 nitrogen and oxygen atoms in total. The van der Waals surface area contributed by atoms with Crippen LogP contribution in [0.4, 0.5) is 10.1 Å². The van der Waals surface area contributed by atoms with E-state index < -0.39 is 11.2 Å². The van der Waals surface area contributed by atoms with Gasteiger partial charge in [-0.3, -0.25) is 4.79 Å². The van der Waals surface area contributed by atoms with Crippen LogP contribution in [-0.2, 0) is 4.79 Å². The summed E-state index contributed by atoms with van der Waals surface area (Å²) < 4.78 is 13.6. The zero-order chi connectivity index (χ0) is 13.2. The quantitative estimate of drug-likeness (QED) is 0.905. The second-order valence-electron chi connectivity index (χ2n) is 4.55. The summed E-state index contributed by atoms with van der Waals surface area (Å²) in [6.45, 7) is 3.63. The Morgan fingerprint density at radius 3 is 2.65 bits per heavy atom. The molecule has 0 saturated heterocycles. The van der Waals surface area contributed by atoms with Crippen LogP contribution >= 0.6 is 11.6 Å². The molecule has 0 bridgehead atoms. The van der Waals surface area contributed by atoms with Crippen molar-refractivity contribution in [1.29, 1.82) is 0 Å². The number of benzene rings is 1. The number of hydrogen-bond acceptors (Lipinski definition) is 2. The zero-order valence-electron chi connectivity index (χ0n) is 10.1. The molecule has 1 amide bonds. The lowest BCUT2D eigenvalue weighted by Gasteiger charge is -2.28. The van der Waals surface area contributed by atoms with Crippen LogP contribution in [0, 0.1) is 11.2 Å². The minimum absolute atomic E-state index is 0.157. The van der Waals surface area contributed by atoms with E-state index in [4.69, 9.17) is 17.3 Å². The maximum Gasteiger partial charge on any atom is 0.233 e. The maximum atomic E-state index is 13.6. The Morgan fingerprint density at radius 2 is 2.12 bits per heavy atom. The van der Waals surface area contributed by atoms with Crippen LogP contribution in [0.1, 0.15) is 13.8 Å². The van der Waals surface area contributed by atoms with Gasteiger partial charge in [-0.25, -0.2) is 4.39 Å². The highest BCUT2D eigenvalue weighted by Crippen LogP contribution is 2.26. The van der Waals surface area contributed by atoms with Gasteiger partial charge in [-0.1, -0.05) is 11.6 Å². The molecule has 0 radical (unpaired) electrons. The normalized spacial score (nSPS) is 11.4. The first-order valence-corrected chi connectivity index (χ1v) is 5.60. The van der Waals surface area contributed by atoms with Crippen LogP contribution in [0.25, 0.3) is 0 Å². The number of carbonyl (C=O) groups excluding carboxylic acids is 1. The van der Waals surface area contributed by atoms with Gasteiger partial charge in [0.2, 0.25) is 5.91 Å². The number of hydrogen-bond donors (Lipinski definition) is 1. The predicted octanol–water partition coefficient (Wildman–Crippen LogP) is 2.43. The lowest BCUT2D eigenvalue weighted by molar-refractivity contribution is -0.125. The highest BCUT2D eigenvalue weighted by Gasteiger charge is 2.30. The highest BCUT2D eigenvalue weighted by molar-refractivity contribution is 6.30. The summed E-state index contributed by atoms with van der Waals surface area (Å²) in [5.41, 5.74) is 4.95.